The average molecular weight is 116 g/mol. The molecule has 0 aliphatic heterocycles. The summed E-state index contributed by atoms with van der Waals surface area (Å²) in [4.78, 5) is 0. The third kappa shape index (κ3) is 4.09. The Morgan fingerprint density at radius 3 is 2.38 bits per heavy atom. The highest BCUT2D eigenvalue weighted by molar-refractivity contribution is 4.59. The van der Waals surface area contributed by atoms with Gasteiger partial charge in [0.25, 0.3) is 0 Å². The van der Waals surface area contributed by atoms with E-state index >= 15 is 0 Å². The lowest BCUT2D eigenvalue weighted by Gasteiger charge is -2.05. The monoisotopic (exact) mass is 116 g/mol. The molecular weight excluding hydrogens is 100 g/mol. The lowest BCUT2D eigenvalue weighted by molar-refractivity contribution is 0.568. The Morgan fingerprint density at radius 2 is 2.00 bits per heavy atom. The van der Waals surface area contributed by atoms with Gasteiger partial charge in [-0.3, -0.25) is 0 Å². The van der Waals surface area contributed by atoms with Crippen LogP contribution in [-0.4, -0.2) is 12.6 Å². The summed E-state index contributed by atoms with van der Waals surface area (Å²) >= 11 is 0. The highest BCUT2D eigenvalue weighted by Crippen LogP contribution is 1.95. The molecule has 0 aliphatic rings. The van der Waals surface area contributed by atoms with Crippen LogP contribution in [0.5, 0.6) is 0 Å². The van der Waals surface area contributed by atoms with Gasteiger partial charge in [0.05, 0.1) is 0 Å². The van der Waals surface area contributed by atoms with Crippen molar-refractivity contribution in [2.45, 2.75) is 32.2 Å². The first-order valence-corrected chi connectivity index (χ1v) is 3.27. The van der Waals surface area contributed by atoms with E-state index in [9.17, 15) is 0 Å². The summed E-state index contributed by atoms with van der Waals surface area (Å²) in [6.45, 7) is 2.86. The van der Waals surface area contributed by atoms with Crippen molar-refractivity contribution in [3.63, 3.8) is 0 Å². The summed E-state index contributed by atoms with van der Waals surface area (Å²) in [6, 6.07) is 0.338. The lowest BCUT2D eigenvalue weighted by Crippen LogP contribution is -2.22. The van der Waals surface area contributed by atoms with Gasteiger partial charge in [0.1, 0.15) is 0 Å². The zero-order chi connectivity index (χ0) is 6.41. The van der Waals surface area contributed by atoms with Crippen LogP contribution in [0.15, 0.2) is 0 Å². The fourth-order valence-electron chi connectivity index (χ4n) is 0.729. The molecule has 0 saturated heterocycles. The van der Waals surface area contributed by atoms with Gasteiger partial charge in [0.2, 0.25) is 0 Å². The minimum absolute atomic E-state index is 0.338. The molecule has 0 bridgehead atoms. The van der Waals surface area contributed by atoms with Crippen molar-refractivity contribution in [1.29, 1.82) is 0 Å². The quantitative estimate of drug-likeness (QED) is 0.560. The average Bonchev–Trinajstić information content (AvgIpc) is 1.68. The topological polar surface area (TPSA) is 52.0 Å². The standard InChI is InChI=1S/C6H16N2/c1-2-3-6(8)4-5-7/h6H,2-5,7-8H2,1H3. The molecule has 0 aliphatic carbocycles. The van der Waals surface area contributed by atoms with Crippen LogP contribution in [0.3, 0.4) is 0 Å². The molecule has 0 heterocycles. The largest absolute Gasteiger partial charge is 0.330 e. The van der Waals surface area contributed by atoms with Gasteiger partial charge in [0.15, 0.2) is 0 Å². The molecule has 0 fully saturated rings. The van der Waals surface area contributed by atoms with Crippen LogP contribution < -0.4 is 11.5 Å². The predicted octanol–water partition coefficient (Wildman–Crippen LogP) is 0.463. The summed E-state index contributed by atoms with van der Waals surface area (Å²) in [6.07, 6.45) is 3.24. The molecule has 0 aromatic heterocycles. The fraction of sp³-hybridized carbons (Fsp3) is 1.00. The van der Waals surface area contributed by atoms with Gasteiger partial charge in [-0.2, -0.15) is 0 Å². The first-order chi connectivity index (χ1) is 3.81. The summed E-state index contributed by atoms with van der Waals surface area (Å²) in [7, 11) is 0. The molecule has 0 rings (SSSR count). The van der Waals surface area contributed by atoms with Crippen LogP contribution in [-0.2, 0) is 0 Å². The Bertz CT molecular complexity index is 39.8. The van der Waals surface area contributed by atoms with E-state index in [-0.39, 0.29) is 0 Å². The van der Waals surface area contributed by atoms with E-state index in [0.717, 1.165) is 19.4 Å². The Morgan fingerprint density at radius 1 is 1.38 bits per heavy atom. The Labute approximate surface area is 51.2 Å². The molecule has 50 valence electrons. The fourth-order valence-corrected chi connectivity index (χ4v) is 0.729. The summed E-state index contributed by atoms with van der Waals surface area (Å²) in [5, 5.41) is 0. The van der Waals surface area contributed by atoms with E-state index in [4.69, 9.17) is 11.5 Å². The lowest BCUT2D eigenvalue weighted by atomic mass is 10.1. The maximum absolute atomic E-state index is 5.61. The van der Waals surface area contributed by atoms with Crippen LogP contribution in [0.25, 0.3) is 0 Å². The molecule has 0 saturated carbocycles. The molecule has 0 spiro atoms. The van der Waals surface area contributed by atoms with E-state index in [2.05, 4.69) is 6.92 Å². The smallest absolute Gasteiger partial charge is 0.00507 e. The Balaban J connectivity index is 2.92. The van der Waals surface area contributed by atoms with Crippen molar-refractivity contribution in [2.75, 3.05) is 6.54 Å². The molecule has 0 amide bonds. The van der Waals surface area contributed by atoms with Gasteiger partial charge >= 0.3 is 0 Å². The van der Waals surface area contributed by atoms with E-state index in [0.29, 0.717) is 6.04 Å². The SMILES string of the molecule is CCCC(N)CCN. The number of nitrogens with two attached hydrogens (primary N) is 2. The van der Waals surface area contributed by atoms with Gasteiger partial charge < -0.3 is 11.5 Å². The summed E-state index contributed by atoms with van der Waals surface area (Å²) < 4.78 is 0. The molecular formula is C6H16N2. The zero-order valence-corrected chi connectivity index (χ0v) is 5.56. The van der Waals surface area contributed by atoms with E-state index in [1.165, 1.54) is 6.42 Å². The van der Waals surface area contributed by atoms with Gasteiger partial charge in [-0.15, -0.1) is 0 Å². The van der Waals surface area contributed by atoms with E-state index < -0.39 is 0 Å². The number of rotatable bonds is 4. The molecule has 0 radical (unpaired) electrons. The van der Waals surface area contributed by atoms with Gasteiger partial charge in [-0.05, 0) is 19.4 Å². The zero-order valence-electron chi connectivity index (χ0n) is 5.56. The molecule has 8 heavy (non-hydrogen) atoms. The first kappa shape index (κ1) is 7.92. The van der Waals surface area contributed by atoms with E-state index in [1.807, 2.05) is 0 Å². The third-order valence-electron chi connectivity index (χ3n) is 1.20. The normalized spacial score (nSPS) is 13.9. The number of hydrogen-bond donors (Lipinski definition) is 2. The van der Waals surface area contributed by atoms with Crippen molar-refractivity contribution in [2.24, 2.45) is 11.5 Å². The van der Waals surface area contributed by atoms with Crippen molar-refractivity contribution in [3.8, 4) is 0 Å². The second-order valence-electron chi connectivity index (χ2n) is 2.13. The molecule has 1 atom stereocenters. The number of hydrogen-bond acceptors (Lipinski definition) is 2. The van der Waals surface area contributed by atoms with Crippen LogP contribution in [0, 0.1) is 0 Å². The summed E-state index contributed by atoms with van der Waals surface area (Å²) in [5.74, 6) is 0. The molecule has 1 unspecified atom stereocenters. The molecule has 0 aromatic rings. The molecule has 2 nitrogen and oxygen atoms in total. The van der Waals surface area contributed by atoms with Crippen LogP contribution in [0.4, 0.5) is 0 Å². The maximum atomic E-state index is 5.61. The minimum atomic E-state index is 0.338. The molecule has 2 heteroatoms. The van der Waals surface area contributed by atoms with E-state index in [1.54, 1.807) is 0 Å². The first-order valence-electron chi connectivity index (χ1n) is 3.27. The minimum Gasteiger partial charge on any atom is -0.330 e. The van der Waals surface area contributed by atoms with Crippen LogP contribution in [0.2, 0.25) is 0 Å². The highest BCUT2D eigenvalue weighted by Gasteiger charge is 1.96. The maximum Gasteiger partial charge on any atom is 0.00507 e. The van der Waals surface area contributed by atoms with Crippen LogP contribution >= 0.6 is 0 Å². The van der Waals surface area contributed by atoms with Crippen molar-refractivity contribution in [1.82, 2.24) is 0 Å². The van der Waals surface area contributed by atoms with Gasteiger partial charge in [0, 0.05) is 6.04 Å². The second-order valence-corrected chi connectivity index (χ2v) is 2.13. The highest BCUT2D eigenvalue weighted by atomic mass is 14.6. The van der Waals surface area contributed by atoms with Crippen molar-refractivity contribution < 1.29 is 0 Å². The van der Waals surface area contributed by atoms with Gasteiger partial charge in [-0.25, -0.2) is 0 Å². The predicted molar refractivity (Wildman–Crippen MR) is 36.6 cm³/mol. The molecule has 4 N–H and O–H groups in total. The van der Waals surface area contributed by atoms with Crippen molar-refractivity contribution in [3.05, 3.63) is 0 Å². The summed E-state index contributed by atoms with van der Waals surface area (Å²) in [5.41, 5.74) is 10.9. The van der Waals surface area contributed by atoms with Crippen molar-refractivity contribution >= 4 is 0 Å². The molecule has 0 aromatic carbocycles. The Kier molecular flexibility index (Phi) is 5.01. The van der Waals surface area contributed by atoms with Gasteiger partial charge in [-0.1, -0.05) is 13.3 Å². The van der Waals surface area contributed by atoms with Crippen LogP contribution in [0.1, 0.15) is 26.2 Å². The second kappa shape index (κ2) is 5.06. The third-order valence-corrected chi connectivity index (χ3v) is 1.20. The Hall–Kier alpha value is -0.0800.